The Balaban J connectivity index is 1.94. The summed E-state index contributed by atoms with van der Waals surface area (Å²) in [6, 6.07) is 7.68. The number of aromatic nitrogens is 2. The van der Waals surface area contributed by atoms with Crippen LogP contribution in [0.2, 0.25) is 0 Å². The number of anilines is 1. The molecule has 0 bridgehead atoms. The van der Waals surface area contributed by atoms with Crippen LogP contribution in [-0.2, 0) is 10.8 Å². The van der Waals surface area contributed by atoms with E-state index in [-0.39, 0.29) is 22.0 Å². The number of benzene rings is 1. The van der Waals surface area contributed by atoms with E-state index >= 15 is 0 Å². The summed E-state index contributed by atoms with van der Waals surface area (Å²) in [6.45, 7) is 12.5. The van der Waals surface area contributed by atoms with Crippen molar-refractivity contribution < 1.29 is 4.79 Å². The third kappa shape index (κ3) is 3.81. The van der Waals surface area contributed by atoms with E-state index in [9.17, 15) is 9.59 Å². The van der Waals surface area contributed by atoms with E-state index in [0.717, 1.165) is 5.69 Å². The monoisotopic (exact) mass is 383 g/mol. The van der Waals surface area contributed by atoms with E-state index in [2.05, 4.69) is 31.1 Å². The number of rotatable bonds is 2. The average molecular weight is 384 g/mol. The lowest BCUT2D eigenvalue weighted by Gasteiger charge is -2.19. The Morgan fingerprint density at radius 1 is 1.04 bits per heavy atom. The first-order valence-corrected chi connectivity index (χ1v) is 9.78. The Bertz CT molecular complexity index is 1050. The zero-order chi connectivity index (χ0) is 20.0. The Morgan fingerprint density at radius 3 is 2.22 bits per heavy atom. The van der Waals surface area contributed by atoms with Gasteiger partial charge in [0.05, 0.1) is 0 Å². The Hall–Kier alpha value is -2.47. The van der Waals surface area contributed by atoms with Crippen LogP contribution < -0.4 is 10.9 Å². The van der Waals surface area contributed by atoms with Crippen molar-refractivity contribution in [3.05, 3.63) is 63.0 Å². The van der Waals surface area contributed by atoms with Gasteiger partial charge < -0.3 is 5.32 Å². The van der Waals surface area contributed by atoms with Crippen molar-refractivity contribution in [3.8, 4) is 0 Å². The number of carbonyl (C=O) groups excluding carboxylic acids is 1. The van der Waals surface area contributed by atoms with Crippen molar-refractivity contribution in [2.24, 2.45) is 0 Å². The molecular weight excluding hydrogens is 358 g/mol. The minimum Gasteiger partial charge on any atom is -0.322 e. The second kappa shape index (κ2) is 6.60. The van der Waals surface area contributed by atoms with Crippen LogP contribution in [0.15, 0.2) is 40.6 Å². The summed E-state index contributed by atoms with van der Waals surface area (Å²) in [4.78, 5) is 30.5. The number of fused-ring (bicyclic) bond motifs is 1. The summed E-state index contributed by atoms with van der Waals surface area (Å²) in [6.07, 6.45) is 1.36. The molecular formula is C21H25N3O2S. The van der Waals surface area contributed by atoms with Gasteiger partial charge >= 0.3 is 0 Å². The molecule has 0 aliphatic heterocycles. The lowest BCUT2D eigenvalue weighted by atomic mass is 9.87. The van der Waals surface area contributed by atoms with E-state index in [0.29, 0.717) is 10.6 Å². The summed E-state index contributed by atoms with van der Waals surface area (Å²) < 4.78 is 1.54. The molecule has 27 heavy (non-hydrogen) atoms. The molecule has 6 heteroatoms. The van der Waals surface area contributed by atoms with Gasteiger partial charge in [-0.15, -0.1) is 11.3 Å². The summed E-state index contributed by atoms with van der Waals surface area (Å²) >= 11 is 1.40. The second-order valence-electron chi connectivity index (χ2n) is 8.75. The summed E-state index contributed by atoms with van der Waals surface area (Å²) in [5, 5.41) is 4.73. The van der Waals surface area contributed by atoms with Crippen molar-refractivity contribution in [1.29, 1.82) is 0 Å². The molecule has 0 saturated carbocycles. The maximum Gasteiger partial charge on any atom is 0.271 e. The molecule has 5 nitrogen and oxygen atoms in total. The van der Waals surface area contributed by atoms with Crippen molar-refractivity contribution in [3.63, 3.8) is 0 Å². The normalized spacial score (nSPS) is 12.4. The third-order valence-electron chi connectivity index (χ3n) is 4.47. The fraction of sp³-hybridized carbons (Fsp3) is 0.381. The van der Waals surface area contributed by atoms with Gasteiger partial charge in [0.25, 0.3) is 11.5 Å². The number of amides is 1. The lowest BCUT2D eigenvalue weighted by molar-refractivity contribution is 0.102. The highest BCUT2D eigenvalue weighted by Gasteiger charge is 2.23. The molecule has 0 saturated heterocycles. The fourth-order valence-corrected chi connectivity index (χ4v) is 3.89. The van der Waals surface area contributed by atoms with Crippen LogP contribution in [0.5, 0.6) is 0 Å². The van der Waals surface area contributed by atoms with Crippen LogP contribution in [0.25, 0.3) is 4.96 Å². The van der Waals surface area contributed by atoms with Gasteiger partial charge in [0, 0.05) is 28.4 Å². The zero-order valence-electron chi connectivity index (χ0n) is 16.6. The molecule has 2 heterocycles. The minimum atomic E-state index is -0.448. The third-order valence-corrected chi connectivity index (χ3v) is 5.31. The Labute approximate surface area is 163 Å². The maximum atomic E-state index is 12.9. The fourth-order valence-electron chi connectivity index (χ4n) is 2.82. The molecule has 0 atom stereocenters. The highest BCUT2D eigenvalue weighted by atomic mass is 32.1. The van der Waals surface area contributed by atoms with Gasteiger partial charge in [-0.1, -0.05) is 53.7 Å². The zero-order valence-corrected chi connectivity index (χ0v) is 17.4. The largest absolute Gasteiger partial charge is 0.322 e. The van der Waals surface area contributed by atoms with E-state index in [4.69, 9.17) is 0 Å². The van der Waals surface area contributed by atoms with E-state index < -0.39 is 5.91 Å². The molecule has 142 valence electrons. The highest BCUT2D eigenvalue weighted by Crippen LogP contribution is 2.26. The van der Waals surface area contributed by atoms with Crippen LogP contribution >= 0.6 is 11.3 Å². The van der Waals surface area contributed by atoms with Gasteiger partial charge in [0.15, 0.2) is 4.96 Å². The van der Waals surface area contributed by atoms with Gasteiger partial charge in [-0.3, -0.25) is 14.0 Å². The van der Waals surface area contributed by atoms with Gasteiger partial charge in [0.1, 0.15) is 5.56 Å². The molecule has 2 aromatic heterocycles. The molecule has 0 radical (unpaired) electrons. The standard InChI is InChI=1S/C21H25N3O2S/c1-20(2,3)13-7-9-14(10-8-13)23-17(25)15-11-22-19-24(18(15)26)16(12-27-19)21(4,5)6/h7-12H,1-6H3,(H,23,25). The molecule has 0 aliphatic carbocycles. The van der Waals surface area contributed by atoms with Crippen LogP contribution in [0.3, 0.4) is 0 Å². The van der Waals surface area contributed by atoms with Gasteiger partial charge in [-0.25, -0.2) is 4.98 Å². The van der Waals surface area contributed by atoms with Gasteiger partial charge in [-0.05, 0) is 23.1 Å². The predicted molar refractivity (Wildman–Crippen MR) is 111 cm³/mol. The molecule has 1 aromatic carbocycles. The topological polar surface area (TPSA) is 63.5 Å². The first kappa shape index (κ1) is 19.3. The lowest BCUT2D eigenvalue weighted by Crippen LogP contribution is -2.29. The molecule has 0 fully saturated rings. The minimum absolute atomic E-state index is 0.0382. The van der Waals surface area contributed by atoms with Crippen molar-refractivity contribution in [2.75, 3.05) is 5.32 Å². The molecule has 3 aromatic rings. The first-order valence-electron chi connectivity index (χ1n) is 8.90. The Kier molecular flexibility index (Phi) is 4.72. The van der Waals surface area contributed by atoms with Crippen LogP contribution in [0.4, 0.5) is 5.69 Å². The number of nitrogens with zero attached hydrogens (tertiary/aromatic N) is 2. The number of thiazole rings is 1. The number of hydrogen-bond donors (Lipinski definition) is 1. The maximum absolute atomic E-state index is 12.9. The second-order valence-corrected chi connectivity index (χ2v) is 9.58. The number of nitrogens with one attached hydrogen (secondary N) is 1. The van der Waals surface area contributed by atoms with Gasteiger partial charge in [-0.2, -0.15) is 0 Å². The molecule has 1 N–H and O–H groups in total. The van der Waals surface area contributed by atoms with Crippen LogP contribution in [-0.4, -0.2) is 15.3 Å². The smallest absolute Gasteiger partial charge is 0.271 e. The van der Waals surface area contributed by atoms with Crippen molar-refractivity contribution in [2.45, 2.75) is 52.4 Å². The predicted octanol–water partition coefficient (Wildman–Crippen LogP) is 4.60. The summed E-state index contributed by atoms with van der Waals surface area (Å²) in [5.41, 5.74) is 2.20. The Morgan fingerprint density at radius 2 is 1.67 bits per heavy atom. The van der Waals surface area contributed by atoms with Crippen molar-refractivity contribution >= 4 is 27.9 Å². The SMILES string of the molecule is CC(C)(C)c1ccc(NC(=O)c2cnc3scc(C(C)(C)C)n3c2=O)cc1. The van der Waals surface area contributed by atoms with Crippen molar-refractivity contribution in [1.82, 2.24) is 9.38 Å². The number of hydrogen-bond acceptors (Lipinski definition) is 4. The molecule has 3 rings (SSSR count). The average Bonchev–Trinajstić information content (AvgIpc) is 3.00. The van der Waals surface area contributed by atoms with Crippen LogP contribution in [0.1, 0.15) is 63.2 Å². The quantitative estimate of drug-likeness (QED) is 0.703. The summed E-state index contributed by atoms with van der Waals surface area (Å²) in [5.74, 6) is -0.448. The van der Waals surface area contributed by atoms with Gasteiger partial charge in [0.2, 0.25) is 0 Å². The highest BCUT2D eigenvalue weighted by molar-refractivity contribution is 7.15. The molecule has 0 aliphatic rings. The molecule has 0 spiro atoms. The molecule has 0 unspecified atom stereocenters. The number of carbonyl (C=O) groups is 1. The van der Waals surface area contributed by atoms with E-state index in [1.54, 1.807) is 4.40 Å². The molecule has 1 amide bonds. The van der Waals surface area contributed by atoms with E-state index in [1.165, 1.54) is 23.1 Å². The first-order chi connectivity index (χ1) is 12.5. The van der Waals surface area contributed by atoms with Crippen LogP contribution in [0, 0.1) is 0 Å². The van der Waals surface area contributed by atoms with E-state index in [1.807, 2.05) is 50.4 Å². The summed E-state index contributed by atoms with van der Waals surface area (Å²) in [7, 11) is 0.